The quantitative estimate of drug-likeness (QED) is 0.885. The van der Waals surface area contributed by atoms with E-state index in [9.17, 15) is 9.59 Å². The van der Waals surface area contributed by atoms with E-state index in [1.165, 1.54) is 11.3 Å². The SMILES string of the molecule is Cn1nc(C(C)(C)C)c2c1NC(=O)C[C@H]2c1ccc(C(=O)O)s1. The van der Waals surface area contributed by atoms with E-state index in [0.29, 0.717) is 12.2 Å². The first-order chi connectivity index (χ1) is 10.7. The number of aryl methyl sites for hydroxylation is 1. The highest BCUT2D eigenvalue weighted by Gasteiger charge is 2.37. The van der Waals surface area contributed by atoms with Gasteiger partial charge >= 0.3 is 5.97 Å². The fourth-order valence-electron chi connectivity index (χ4n) is 2.94. The van der Waals surface area contributed by atoms with E-state index in [1.54, 1.807) is 16.8 Å². The van der Waals surface area contributed by atoms with Crippen LogP contribution in [-0.2, 0) is 17.3 Å². The Morgan fingerprint density at radius 2 is 2.13 bits per heavy atom. The van der Waals surface area contributed by atoms with Crippen LogP contribution in [0.15, 0.2) is 12.1 Å². The summed E-state index contributed by atoms with van der Waals surface area (Å²) in [6.45, 7) is 6.25. The Morgan fingerprint density at radius 1 is 1.43 bits per heavy atom. The first kappa shape index (κ1) is 15.7. The van der Waals surface area contributed by atoms with Gasteiger partial charge in [-0.25, -0.2) is 4.79 Å². The van der Waals surface area contributed by atoms with E-state index in [2.05, 4.69) is 31.2 Å². The Kier molecular flexibility index (Phi) is 3.55. The van der Waals surface area contributed by atoms with Crippen molar-refractivity contribution in [2.24, 2.45) is 7.05 Å². The molecule has 0 unspecified atom stereocenters. The molecule has 6 nitrogen and oxygen atoms in total. The van der Waals surface area contributed by atoms with Gasteiger partial charge in [-0.05, 0) is 12.1 Å². The summed E-state index contributed by atoms with van der Waals surface area (Å²) >= 11 is 1.23. The summed E-state index contributed by atoms with van der Waals surface area (Å²) < 4.78 is 1.70. The molecule has 0 saturated heterocycles. The number of rotatable bonds is 2. The number of hydrogen-bond donors (Lipinski definition) is 2. The predicted octanol–water partition coefficient (Wildman–Crippen LogP) is 2.95. The van der Waals surface area contributed by atoms with Gasteiger partial charge in [0.2, 0.25) is 5.91 Å². The van der Waals surface area contributed by atoms with Crippen molar-refractivity contribution in [1.29, 1.82) is 0 Å². The summed E-state index contributed by atoms with van der Waals surface area (Å²) in [6.07, 6.45) is 0.307. The Bertz CT molecular complexity index is 798. The zero-order chi connectivity index (χ0) is 16.9. The van der Waals surface area contributed by atoms with Gasteiger partial charge in [-0.15, -0.1) is 11.3 Å². The number of thiophene rings is 1. The van der Waals surface area contributed by atoms with E-state index in [4.69, 9.17) is 5.11 Å². The van der Waals surface area contributed by atoms with Crippen LogP contribution in [0.5, 0.6) is 0 Å². The highest BCUT2D eigenvalue weighted by molar-refractivity contribution is 7.14. The summed E-state index contributed by atoms with van der Waals surface area (Å²) in [5.74, 6) is -0.457. The van der Waals surface area contributed by atoms with Crippen LogP contribution < -0.4 is 5.32 Å². The van der Waals surface area contributed by atoms with Crippen molar-refractivity contribution in [2.75, 3.05) is 5.32 Å². The lowest BCUT2D eigenvalue weighted by atomic mass is 9.82. The number of carboxylic acid groups (broad SMARTS) is 1. The van der Waals surface area contributed by atoms with Gasteiger partial charge in [0.05, 0.1) is 5.69 Å². The van der Waals surface area contributed by atoms with E-state index < -0.39 is 5.97 Å². The van der Waals surface area contributed by atoms with Crippen molar-refractivity contribution >= 4 is 29.0 Å². The van der Waals surface area contributed by atoms with Crippen molar-refractivity contribution in [3.63, 3.8) is 0 Å². The number of aromatic carboxylic acids is 1. The van der Waals surface area contributed by atoms with E-state index in [-0.39, 0.29) is 22.1 Å². The highest BCUT2D eigenvalue weighted by atomic mass is 32.1. The number of carboxylic acids is 1. The lowest BCUT2D eigenvalue weighted by molar-refractivity contribution is -0.116. The number of carbonyl (C=O) groups excluding carboxylic acids is 1. The Morgan fingerprint density at radius 3 is 2.70 bits per heavy atom. The number of nitrogens with zero attached hydrogens (tertiary/aromatic N) is 2. The molecule has 3 rings (SSSR count). The molecule has 2 aromatic heterocycles. The molecule has 0 bridgehead atoms. The molecule has 0 aliphatic carbocycles. The third-order valence-electron chi connectivity index (χ3n) is 3.97. The summed E-state index contributed by atoms with van der Waals surface area (Å²) in [5, 5.41) is 16.7. The minimum absolute atomic E-state index is 0.0729. The van der Waals surface area contributed by atoms with Crippen LogP contribution in [0.2, 0.25) is 0 Å². The zero-order valence-corrected chi connectivity index (χ0v) is 14.3. The predicted molar refractivity (Wildman–Crippen MR) is 88.3 cm³/mol. The zero-order valence-electron chi connectivity index (χ0n) is 13.5. The molecule has 2 aromatic rings. The molecule has 0 spiro atoms. The monoisotopic (exact) mass is 333 g/mol. The van der Waals surface area contributed by atoms with E-state index >= 15 is 0 Å². The summed E-state index contributed by atoms with van der Waals surface area (Å²) in [5.41, 5.74) is 1.77. The Hall–Kier alpha value is -2.15. The van der Waals surface area contributed by atoms with Gasteiger partial charge in [-0.3, -0.25) is 9.48 Å². The number of anilines is 1. The molecule has 7 heteroatoms. The van der Waals surface area contributed by atoms with Gasteiger partial charge in [0.1, 0.15) is 10.7 Å². The average molecular weight is 333 g/mol. The third kappa shape index (κ3) is 2.65. The number of nitrogens with one attached hydrogen (secondary N) is 1. The number of hydrogen-bond acceptors (Lipinski definition) is 4. The largest absolute Gasteiger partial charge is 0.477 e. The minimum atomic E-state index is -0.941. The lowest BCUT2D eigenvalue weighted by Gasteiger charge is -2.26. The maximum absolute atomic E-state index is 12.1. The highest BCUT2D eigenvalue weighted by Crippen LogP contribution is 2.44. The molecule has 23 heavy (non-hydrogen) atoms. The fourth-order valence-corrected chi connectivity index (χ4v) is 3.90. The number of amides is 1. The number of carbonyl (C=O) groups is 2. The topological polar surface area (TPSA) is 84.2 Å². The molecule has 0 saturated carbocycles. The van der Waals surface area contributed by atoms with Crippen LogP contribution in [0.1, 0.15) is 58.9 Å². The molecule has 1 aliphatic rings. The molecular weight excluding hydrogens is 314 g/mol. The van der Waals surface area contributed by atoms with Gasteiger partial charge < -0.3 is 10.4 Å². The molecule has 0 aromatic carbocycles. The van der Waals surface area contributed by atoms with Crippen molar-refractivity contribution in [1.82, 2.24) is 9.78 Å². The van der Waals surface area contributed by atoms with Crippen LogP contribution in [0, 0.1) is 0 Å². The van der Waals surface area contributed by atoms with Crippen LogP contribution in [0.3, 0.4) is 0 Å². The van der Waals surface area contributed by atoms with Crippen molar-refractivity contribution < 1.29 is 14.7 Å². The first-order valence-electron chi connectivity index (χ1n) is 7.38. The van der Waals surface area contributed by atoms with Crippen LogP contribution >= 0.6 is 11.3 Å². The van der Waals surface area contributed by atoms with Gasteiger partial charge in [0.25, 0.3) is 0 Å². The Labute approximate surface area is 138 Å². The molecule has 3 heterocycles. The minimum Gasteiger partial charge on any atom is -0.477 e. The summed E-state index contributed by atoms with van der Waals surface area (Å²) in [4.78, 5) is 24.4. The molecule has 1 amide bonds. The van der Waals surface area contributed by atoms with Crippen molar-refractivity contribution in [3.05, 3.63) is 33.1 Å². The van der Waals surface area contributed by atoms with Gasteiger partial charge in [-0.2, -0.15) is 5.10 Å². The lowest BCUT2D eigenvalue weighted by Crippen LogP contribution is -2.26. The molecule has 2 N–H and O–H groups in total. The molecule has 122 valence electrons. The first-order valence-corrected chi connectivity index (χ1v) is 8.20. The number of fused-ring (bicyclic) bond motifs is 1. The average Bonchev–Trinajstić information content (AvgIpc) is 3.03. The van der Waals surface area contributed by atoms with Crippen molar-refractivity contribution in [3.8, 4) is 0 Å². The maximum atomic E-state index is 12.1. The van der Waals surface area contributed by atoms with Crippen LogP contribution in [-0.4, -0.2) is 26.8 Å². The second kappa shape index (κ2) is 5.19. The normalized spacial score (nSPS) is 17.7. The molecular formula is C16H19N3O3S. The molecule has 0 radical (unpaired) electrons. The smallest absolute Gasteiger partial charge is 0.345 e. The van der Waals surface area contributed by atoms with E-state index in [1.807, 2.05) is 7.05 Å². The summed E-state index contributed by atoms with van der Waals surface area (Å²) in [6, 6.07) is 3.41. The van der Waals surface area contributed by atoms with Gasteiger partial charge in [0, 0.05) is 35.2 Å². The molecule has 1 atom stereocenters. The summed E-state index contributed by atoms with van der Waals surface area (Å²) in [7, 11) is 1.81. The van der Waals surface area contributed by atoms with E-state index in [0.717, 1.165) is 16.1 Å². The fraction of sp³-hybridized carbons (Fsp3) is 0.438. The maximum Gasteiger partial charge on any atom is 0.345 e. The van der Waals surface area contributed by atoms with Gasteiger partial charge in [-0.1, -0.05) is 20.8 Å². The van der Waals surface area contributed by atoms with Crippen LogP contribution in [0.4, 0.5) is 5.82 Å². The molecule has 1 aliphatic heterocycles. The standard InChI is InChI=1S/C16H19N3O3S/c1-16(2,3)13-12-8(9-5-6-10(23-9)15(21)22)7-11(20)17-14(12)19(4)18-13/h5-6,8H,7H2,1-4H3,(H,17,20)(H,21,22)/t8-/m0/s1. The third-order valence-corrected chi connectivity index (χ3v) is 5.16. The van der Waals surface area contributed by atoms with Crippen LogP contribution in [0.25, 0.3) is 0 Å². The number of aromatic nitrogens is 2. The molecule has 0 fully saturated rings. The second-order valence-corrected chi connectivity index (χ2v) is 7.91. The second-order valence-electron chi connectivity index (χ2n) is 6.80. The van der Waals surface area contributed by atoms with Gasteiger partial charge in [0.15, 0.2) is 0 Å². The Balaban J connectivity index is 2.17. The van der Waals surface area contributed by atoms with Crippen molar-refractivity contribution in [2.45, 2.75) is 38.5 Å².